The van der Waals surface area contributed by atoms with Gasteiger partial charge in [0.25, 0.3) is 5.69 Å². The van der Waals surface area contributed by atoms with Crippen LogP contribution in [0.3, 0.4) is 0 Å². The second-order valence-electron chi connectivity index (χ2n) is 5.65. The largest absolute Gasteiger partial charge is 0.461 e. The minimum absolute atomic E-state index is 0.113. The van der Waals surface area contributed by atoms with Crippen LogP contribution in [0.4, 0.5) is 5.69 Å². The molecule has 0 fully saturated rings. The zero-order chi connectivity index (χ0) is 17.1. The maximum atomic E-state index is 11.8. The minimum Gasteiger partial charge on any atom is -0.461 e. The van der Waals surface area contributed by atoms with E-state index in [2.05, 4.69) is 19.2 Å². The Kier molecular flexibility index (Phi) is 8.90. The van der Waals surface area contributed by atoms with E-state index in [9.17, 15) is 14.9 Å². The molecule has 0 aliphatic rings. The van der Waals surface area contributed by atoms with Gasteiger partial charge in [0.15, 0.2) is 0 Å². The summed E-state index contributed by atoms with van der Waals surface area (Å²) in [5, 5.41) is 14.0. The average molecular weight is 322 g/mol. The number of rotatable bonds is 11. The SMILES string of the molecule is CCCCCCC(C)NCCOC(=O)c1cccc([N+](=O)[O-])c1. The number of benzene rings is 1. The monoisotopic (exact) mass is 322 g/mol. The smallest absolute Gasteiger partial charge is 0.338 e. The molecule has 0 heterocycles. The van der Waals surface area contributed by atoms with Crippen molar-refractivity contribution in [2.45, 2.75) is 52.0 Å². The highest BCUT2D eigenvalue weighted by Crippen LogP contribution is 2.13. The van der Waals surface area contributed by atoms with Crippen LogP contribution in [-0.4, -0.2) is 30.1 Å². The first-order chi connectivity index (χ1) is 11.0. The van der Waals surface area contributed by atoms with E-state index < -0.39 is 10.9 Å². The molecule has 6 nitrogen and oxygen atoms in total. The number of ether oxygens (including phenoxy) is 1. The number of nitrogens with one attached hydrogen (secondary N) is 1. The van der Waals surface area contributed by atoms with Gasteiger partial charge in [0, 0.05) is 24.7 Å². The van der Waals surface area contributed by atoms with Gasteiger partial charge in [-0.25, -0.2) is 4.79 Å². The van der Waals surface area contributed by atoms with E-state index >= 15 is 0 Å². The molecule has 0 spiro atoms. The molecule has 0 radical (unpaired) electrons. The average Bonchev–Trinajstić information content (AvgIpc) is 2.55. The van der Waals surface area contributed by atoms with Crippen LogP contribution in [0.15, 0.2) is 24.3 Å². The summed E-state index contributed by atoms with van der Waals surface area (Å²) in [5.41, 5.74) is 0.0880. The highest BCUT2D eigenvalue weighted by Gasteiger charge is 2.12. The number of carbonyl (C=O) groups is 1. The van der Waals surface area contributed by atoms with Crippen molar-refractivity contribution in [3.8, 4) is 0 Å². The fourth-order valence-electron chi connectivity index (χ4n) is 2.26. The Morgan fingerprint density at radius 2 is 2.13 bits per heavy atom. The van der Waals surface area contributed by atoms with Gasteiger partial charge in [0.2, 0.25) is 0 Å². The molecule has 6 heteroatoms. The predicted molar refractivity (Wildman–Crippen MR) is 89.6 cm³/mol. The van der Waals surface area contributed by atoms with Crippen LogP contribution in [0.1, 0.15) is 56.3 Å². The number of unbranched alkanes of at least 4 members (excludes halogenated alkanes) is 3. The third-order valence-corrected chi connectivity index (χ3v) is 3.61. The summed E-state index contributed by atoms with van der Waals surface area (Å²) in [4.78, 5) is 22.0. The molecule has 1 unspecified atom stereocenters. The number of non-ortho nitro benzene ring substituents is 1. The molecular weight excluding hydrogens is 296 g/mol. The van der Waals surface area contributed by atoms with E-state index in [4.69, 9.17) is 4.74 Å². The maximum Gasteiger partial charge on any atom is 0.338 e. The van der Waals surface area contributed by atoms with Gasteiger partial charge in [-0.15, -0.1) is 0 Å². The molecule has 23 heavy (non-hydrogen) atoms. The summed E-state index contributed by atoms with van der Waals surface area (Å²) >= 11 is 0. The lowest BCUT2D eigenvalue weighted by atomic mass is 10.1. The van der Waals surface area contributed by atoms with Gasteiger partial charge < -0.3 is 10.1 Å². The molecule has 128 valence electrons. The molecule has 1 aromatic rings. The third kappa shape index (κ3) is 7.74. The van der Waals surface area contributed by atoms with Crippen LogP contribution < -0.4 is 5.32 Å². The topological polar surface area (TPSA) is 81.5 Å². The molecule has 0 aliphatic carbocycles. The standard InChI is InChI=1S/C17H26N2O4/c1-3-4-5-6-8-14(2)18-11-12-23-17(20)15-9-7-10-16(13-15)19(21)22/h7,9-10,13-14,18H,3-6,8,11-12H2,1-2H3. The van der Waals surface area contributed by atoms with E-state index in [0.717, 1.165) is 6.42 Å². The molecule has 0 bridgehead atoms. The highest BCUT2D eigenvalue weighted by molar-refractivity contribution is 5.90. The molecule has 0 aliphatic heterocycles. The summed E-state index contributed by atoms with van der Waals surface area (Å²) in [5.74, 6) is -0.536. The number of nitro groups is 1. The Balaban J connectivity index is 2.24. The highest BCUT2D eigenvalue weighted by atomic mass is 16.6. The fraction of sp³-hybridized carbons (Fsp3) is 0.588. The van der Waals surface area contributed by atoms with Gasteiger partial charge in [0.05, 0.1) is 10.5 Å². The van der Waals surface area contributed by atoms with Crippen molar-refractivity contribution in [1.82, 2.24) is 5.32 Å². The van der Waals surface area contributed by atoms with Crippen molar-refractivity contribution in [3.05, 3.63) is 39.9 Å². The van der Waals surface area contributed by atoms with Crippen LogP contribution in [0.25, 0.3) is 0 Å². The molecular formula is C17H26N2O4. The number of carbonyl (C=O) groups excluding carboxylic acids is 1. The molecule has 0 saturated carbocycles. The molecule has 1 rings (SSSR count). The van der Waals surface area contributed by atoms with E-state index in [-0.39, 0.29) is 17.9 Å². The van der Waals surface area contributed by atoms with Crippen LogP contribution >= 0.6 is 0 Å². The molecule has 0 amide bonds. The van der Waals surface area contributed by atoms with Crippen LogP contribution in [0.2, 0.25) is 0 Å². The lowest BCUT2D eigenvalue weighted by molar-refractivity contribution is -0.384. The first-order valence-electron chi connectivity index (χ1n) is 8.19. The number of nitro benzene ring substituents is 1. The van der Waals surface area contributed by atoms with Crippen molar-refractivity contribution in [3.63, 3.8) is 0 Å². The summed E-state index contributed by atoms with van der Waals surface area (Å²) in [6.45, 7) is 5.14. The number of nitrogens with zero attached hydrogens (tertiary/aromatic N) is 1. The summed E-state index contributed by atoms with van der Waals surface area (Å²) in [7, 11) is 0. The predicted octanol–water partition coefficient (Wildman–Crippen LogP) is 3.70. The van der Waals surface area contributed by atoms with Gasteiger partial charge in [-0.05, 0) is 19.4 Å². The zero-order valence-electron chi connectivity index (χ0n) is 13.9. The Bertz CT molecular complexity index is 505. The van der Waals surface area contributed by atoms with E-state index in [1.807, 2.05) is 0 Å². The van der Waals surface area contributed by atoms with Crippen molar-refractivity contribution >= 4 is 11.7 Å². The lowest BCUT2D eigenvalue weighted by Crippen LogP contribution is -2.30. The second kappa shape index (κ2) is 10.7. The van der Waals surface area contributed by atoms with Crippen molar-refractivity contribution in [2.24, 2.45) is 0 Å². The van der Waals surface area contributed by atoms with Gasteiger partial charge in [-0.2, -0.15) is 0 Å². The van der Waals surface area contributed by atoms with Crippen molar-refractivity contribution < 1.29 is 14.5 Å². The summed E-state index contributed by atoms with van der Waals surface area (Å²) < 4.78 is 5.13. The van der Waals surface area contributed by atoms with Gasteiger partial charge >= 0.3 is 5.97 Å². The van der Waals surface area contributed by atoms with Gasteiger partial charge in [-0.3, -0.25) is 10.1 Å². The molecule has 0 aromatic heterocycles. The van der Waals surface area contributed by atoms with Gasteiger partial charge in [0.1, 0.15) is 6.61 Å². The Morgan fingerprint density at radius 3 is 2.83 bits per heavy atom. The quantitative estimate of drug-likeness (QED) is 0.291. The zero-order valence-corrected chi connectivity index (χ0v) is 13.9. The first kappa shape index (κ1) is 19.1. The maximum absolute atomic E-state index is 11.8. The Labute approximate surface area is 137 Å². The summed E-state index contributed by atoms with van der Waals surface area (Å²) in [6, 6.07) is 5.96. The third-order valence-electron chi connectivity index (χ3n) is 3.61. The second-order valence-corrected chi connectivity index (χ2v) is 5.65. The molecule has 0 saturated heterocycles. The normalized spacial score (nSPS) is 11.9. The Morgan fingerprint density at radius 1 is 1.35 bits per heavy atom. The minimum atomic E-state index is -0.536. The molecule has 1 aromatic carbocycles. The van der Waals surface area contributed by atoms with Gasteiger partial charge in [-0.1, -0.05) is 38.7 Å². The molecule has 1 N–H and O–H groups in total. The fourth-order valence-corrected chi connectivity index (χ4v) is 2.26. The first-order valence-corrected chi connectivity index (χ1v) is 8.19. The number of hydrogen-bond acceptors (Lipinski definition) is 5. The number of hydrogen-bond donors (Lipinski definition) is 1. The summed E-state index contributed by atoms with van der Waals surface area (Å²) in [6.07, 6.45) is 6.07. The number of esters is 1. The van der Waals surface area contributed by atoms with Crippen molar-refractivity contribution in [2.75, 3.05) is 13.2 Å². The van der Waals surface area contributed by atoms with Crippen LogP contribution in [0, 0.1) is 10.1 Å². The van der Waals surface area contributed by atoms with E-state index in [0.29, 0.717) is 12.6 Å². The lowest BCUT2D eigenvalue weighted by Gasteiger charge is -2.13. The van der Waals surface area contributed by atoms with E-state index in [1.54, 1.807) is 0 Å². The van der Waals surface area contributed by atoms with E-state index in [1.165, 1.54) is 49.9 Å². The van der Waals surface area contributed by atoms with Crippen molar-refractivity contribution in [1.29, 1.82) is 0 Å². The Hall–Kier alpha value is -1.95. The van der Waals surface area contributed by atoms with Crippen LogP contribution in [0.5, 0.6) is 0 Å². The van der Waals surface area contributed by atoms with Crippen LogP contribution in [-0.2, 0) is 4.74 Å². The molecule has 1 atom stereocenters.